The van der Waals surface area contributed by atoms with Gasteiger partial charge in [0.25, 0.3) is 0 Å². The van der Waals surface area contributed by atoms with Gasteiger partial charge in [0.2, 0.25) is 11.8 Å². The van der Waals surface area contributed by atoms with E-state index in [0.29, 0.717) is 11.8 Å². The summed E-state index contributed by atoms with van der Waals surface area (Å²) in [5.41, 5.74) is 10.0. The molecule has 0 aliphatic rings. The summed E-state index contributed by atoms with van der Waals surface area (Å²) < 4.78 is 6.00. The van der Waals surface area contributed by atoms with E-state index in [1.807, 2.05) is 42.5 Å². The van der Waals surface area contributed by atoms with Crippen molar-refractivity contribution in [3.05, 3.63) is 132 Å². The maximum Gasteiger partial charge on any atom is 0.248 e. The van der Waals surface area contributed by atoms with Gasteiger partial charge in [0.15, 0.2) is 0 Å². The highest BCUT2D eigenvalue weighted by Gasteiger charge is 2.22. The normalized spacial score (nSPS) is 13.3. The largest absolute Gasteiger partial charge is 0.416 e. The zero-order chi connectivity index (χ0) is 24.8. The third kappa shape index (κ3) is 5.19. The van der Waals surface area contributed by atoms with Gasteiger partial charge in [-0.1, -0.05) is 120 Å². The molecule has 1 heterocycles. The molecular weight excluding hydrogens is 456 g/mol. The molecule has 0 spiro atoms. The van der Waals surface area contributed by atoms with Crippen LogP contribution in [0.15, 0.2) is 131 Å². The van der Waals surface area contributed by atoms with Crippen LogP contribution in [-0.4, -0.2) is 18.3 Å². The molecule has 176 valence electrons. The molecule has 0 aliphatic carbocycles. The molecule has 3 nitrogen and oxygen atoms in total. The van der Waals surface area contributed by atoms with Crippen LogP contribution in [0.4, 0.5) is 0 Å². The van der Waals surface area contributed by atoms with Gasteiger partial charge >= 0.3 is 0 Å². The third-order valence-electron chi connectivity index (χ3n) is 6.35. The standard InChI is InChI=1S/C32H28N2OSi/c1-3-23-36(2,30-12-8-5-9-13-30)24-22-25-14-16-28(17-15-25)31-33-34-32(35-31)29-20-18-27(19-21-29)26-10-6-4-7-11-26/h3-24H,1-2H3. The molecule has 0 N–H and O–H groups in total. The highest BCUT2D eigenvalue weighted by Crippen LogP contribution is 2.27. The number of rotatable bonds is 7. The average Bonchev–Trinajstić information content (AvgIpc) is 3.44. The van der Waals surface area contributed by atoms with E-state index < -0.39 is 8.07 Å². The predicted octanol–water partition coefficient (Wildman–Crippen LogP) is 7.72. The molecule has 0 aliphatic heterocycles. The lowest BCUT2D eigenvalue weighted by Gasteiger charge is -2.20. The monoisotopic (exact) mass is 484 g/mol. The second-order valence-corrected chi connectivity index (χ2v) is 12.8. The molecule has 5 aromatic rings. The fourth-order valence-corrected chi connectivity index (χ4v) is 6.93. The van der Waals surface area contributed by atoms with Crippen LogP contribution in [0.2, 0.25) is 6.55 Å². The van der Waals surface area contributed by atoms with Gasteiger partial charge in [-0.05, 0) is 47.9 Å². The first-order valence-corrected chi connectivity index (χ1v) is 14.8. The molecule has 1 atom stereocenters. The minimum absolute atomic E-state index is 0.518. The first-order valence-electron chi connectivity index (χ1n) is 12.1. The van der Waals surface area contributed by atoms with Gasteiger partial charge in [0.1, 0.15) is 8.07 Å². The van der Waals surface area contributed by atoms with Crippen molar-refractivity contribution < 1.29 is 4.42 Å². The molecule has 36 heavy (non-hydrogen) atoms. The summed E-state index contributed by atoms with van der Waals surface area (Å²) in [6.45, 7) is 4.45. The fraction of sp³-hybridized carbons (Fsp3) is 0.0625. The summed E-state index contributed by atoms with van der Waals surface area (Å²) in [5, 5.41) is 9.96. The van der Waals surface area contributed by atoms with E-state index in [-0.39, 0.29) is 0 Å². The van der Waals surface area contributed by atoms with Crippen molar-refractivity contribution >= 4 is 19.3 Å². The Morgan fingerprint density at radius 3 is 1.67 bits per heavy atom. The molecule has 4 heteroatoms. The summed E-state index contributed by atoms with van der Waals surface area (Å²) in [5.74, 6) is 1.04. The lowest BCUT2D eigenvalue weighted by Crippen LogP contribution is -2.41. The van der Waals surface area contributed by atoms with E-state index in [1.54, 1.807) is 0 Å². The molecule has 1 unspecified atom stereocenters. The van der Waals surface area contributed by atoms with Crippen molar-refractivity contribution in [1.82, 2.24) is 10.2 Å². The second-order valence-electron chi connectivity index (χ2n) is 8.96. The summed E-state index contributed by atoms with van der Waals surface area (Å²) in [7, 11) is -1.85. The molecule has 5 rings (SSSR count). The number of hydrogen-bond acceptors (Lipinski definition) is 3. The highest BCUT2D eigenvalue weighted by molar-refractivity contribution is 6.99. The number of hydrogen-bond donors (Lipinski definition) is 0. The minimum Gasteiger partial charge on any atom is -0.416 e. The minimum atomic E-state index is -1.85. The molecule has 4 aromatic carbocycles. The van der Waals surface area contributed by atoms with Gasteiger partial charge in [-0.25, -0.2) is 0 Å². The van der Waals surface area contributed by atoms with Crippen molar-refractivity contribution in [2.24, 2.45) is 0 Å². The Morgan fingerprint density at radius 1 is 0.583 bits per heavy atom. The average molecular weight is 485 g/mol. The molecule has 0 bridgehead atoms. The van der Waals surface area contributed by atoms with Crippen molar-refractivity contribution in [2.75, 3.05) is 0 Å². The Balaban J connectivity index is 1.32. The first kappa shape index (κ1) is 23.5. The van der Waals surface area contributed by atoms with Crippen LogP contribution >= 0.6 is 0 Å². The van der Waals surface area contributed by atoms with Gasteiger partial charge in [0, 0.05) is 11.1 Å². The van der Waals surface area contributed by atoms with Crippen molar-refractivity contribution in [2.45, 2.75) is 13.5 Å². The molecule has 0 radical (unpaired) electrons. The van der Waals surface area contributed by atoms with Crippen LogP contribution in [0.3, 0.4) is 0 Å². The highest BCUT2D eigenvalue weighted by atomic mass is 28.3. The summed E-state index contributed by atoms with van der Waals surface area (Å²) in [6.07, 6.45) is 4.38. The number of allylic oxidation sites excluding steroid dienone is 1. The van der Waals surface area contributed by atoms with Crippen molar-refractivity contribution in [3.63, 3.8) is 0 Å². The zero-order valence-corrected chi connectivity index (χ0v) is 21.5. The topological polar surface area (TPSA) is 38.9 Å². The maximum atomic E-state index is 6.00. The molecule has 0 saturated carbocycles. The van der Waals surface area contributed by atoms with Crippen LogP contribution in [0.25, 0.3) is 40.1 Å². The summed E-state index contributed by atoms with van der Waals surface area (Å²) in [4.78, 5) is 0. The van der Waals surface area contributed by atoms with Gasteiger partial charge < -0.3 is 4.42 Å². The predicted molar refractivity (Wildman–Crippen MR) is 152 cm³/mol. The Kier molecular flexibility index (Phi) is 6.87. The van der Waals surface area contributed by atoms with Gasteiger partial charge in [-0.3, -0.25) is 0 Å². The Labute approximate surface area is 213 Å². The van der Waals surface area contributed by atoms with Crippen LogP contribution in [-0.2, 0) is 0 Å². The first-order chi connectivity index (χ1) is 17.6. The smallest absolute Gasteiger partial charge is 0.248 e. The molecule has 1 aromatic heterocycles. The molecular formula is C32H28N2OSi. The zero-order valence-electron chi connectivity index (χ0n) is 20.5. The van der Waals surface area contributed by atoms with E-state index in [4.69, 9.17) is 4.42 Å². The Bertz CT molecular complexity index is 1470. The number of aromatic nitrogens is 2. The fourth-order valence-electron chi connectivity index (χ4n) is 4.29. The van der Waals surface area contributed by atoms with Crippen LogP contribution in [0.5, 0.6) is 0 Å². The summed E-state index contributed by atoms with van der Waals surface area (Å²) in [6, 6.07) is 37.5. The molecule has 0 amide bonds. The summed E-state index contributed by atoms with van der Waals surface area (Å²) >= 11 is 0. The van der Waals surface area contributed by atoms with Crippen LogP contribution < -0.4 is 5.19 Å². The SMILES string of the molecule is CC=C[Si](C)(C=Cc1ccc(-c2nnc(-c3ccc(-c4ccccc4)cc3)o2)cc1)c1ccccc1. The molecule has 0 fully saturated rings. The third-order valence-corrected chi connectivity index (χ3v) is 9.81. The van der Waals surface area contributed by atoms with Gasteiger partial charge in [-0.15, -0.1) is 10.2 Å². The number of nitrogens with zero attached hydrogens (tertiary/aromatic N) is 2. The quantitative estimate of drug-likeness (QED) is 0.222. The second kappa shape index (κ2) is 10.5. The molecule has 0 saturated heterocycles. The maximum absolute atomic E-state index is 6.00. The lowest BCUT2D eigenvalue weighted by molar-refractivity contribution is 0.584. The van der Waals surface area contributed by atoms with Crippen LogP contribution in [0, 0.1) is 0 Å². The van der Waals surface area contributed by atoms with Gasteiger partial charge in [-0.2, -0.15) is 0 Å². The van der Waals surface area contributed by atoms with Crippen molar-refractivity contribution in [3.8, 4) is 34.0 Å². The van der Waals surface area contributed by atoms with E-state index in [0.717, 1.165) is 22.3 Å². The van der Waals surface area contributed by atoms with E-state index in [2.05, 4.69) is 114 Å². The number of benzene rings is 4. The van der Waals surface area contributed by atoms with Gasteiger partial charge in [0.05, 0.1) is 0 Å². The van der Waals surface area contributed by atoms with E-state index in [9.17, 15) is 0 Å². The van der Waals surface area contributed by atoms with E-state index >= 15 is 0 Å². The Morgan fingerprint density at radius 2 is 1.08 bits per heavy atom. The Hall–Kier alpha value is -4.28. The lowest BCUT2D eigenvalue weighted by atomic mass is 10.0. The van der Waals surface area contributed by atoms with Crippen molar-refractivity contribution in [1.29, 1.82) is 0 Å². The van der Waals surface area contributed by atoms with E-state index in [1.165, 1.54) is 10.8 Å². The van der Waals surface area contributed by atoms with Crippen LogP contribution in [0.1, 0.15) is 12.5 Å².